The number of alkyl halides is 3. The van der Waals surface area contributed by atoms with Gasteiger partial charge in [0.15, 0.2) is 0 Å². The molecule has 1 aromatic carbocycles. The summed E-state index contributed by atoms with van der Waals surface area (Å²) in [5.41, 5.74) is 0.896. The van der Waals surface area contributed by atoms with E-state index >= 15 is 0 Å². The molecule has 2 rings (SSSR count). The van der Waals surface area contributed by atoms with Gasteiger partial charge in [-0.05, 0) is 36.9 Å². The van der Waals surface area contributed by atoms with E-state index in [9.17, 15) is 18.0 Å². The molecule has 8 heteroatoms. The van der Waals surface area contributed by atoms with Crippen molar-refractivity contribution in [2.75, 3.05) is 27.2 Å². The zero-order chi connectivity index (χ0) is 19.2. The van der Waals surface area contributed by atoms with E-state index in [1.807, 2.05) is 18.2 Å². The van der Waals surface area contributed by atoms with Crippen molar-refractivity contribution in [1.82, 2.24) is 9.80 Å². The zero-order valence-corrected chi connectivity index (χ0v) is 14.6. The average molecular weight is 370 g/mol. The molecule has 0 fully saturated rings. The minimum atomic E-state index is -4.48. The molecule has 0 bridgehead atoms. The molecule has 1 amide bonds. The van der Waals surface area contributed by atoms with Crippen molar-refractivity contribution in [2.24, 2.45) is 0 Å². The molecule has 0 saturated carbocycles. The van der Waals surface area contributed by atoms with Gasteiger partial charge in [-0.3, -0.25) is 9.69 Å². The van der Waals surface area contributed by atoms with Crippen LogP contribution in [0, 0.1) is 0 Å². The van der Waals surface area contributed by atoms with E-state index in [1.165, 1.54) is 12.3 Å². The van der Waals surface area contributed by atoms with Crippen molar-refractivity contribution in [2.45, 2.75) is 19.3 Å². The number of halogens is 3. The Hall–Kier alpha value is -2.48. The highest BCUT2D eigenvalue weighted by Crippen LogP contribution is 2.19. The van der Waals surface area contributed by atoms with Crippen LogP contribution in [-0.4, -0.2) is 49.1 Å². The van der Waals surface area contributed by atoms with Gasteiger partial charge in [-0.1, -0.05) is 12.1 Å². The van der Waals surface area contributed by atoms with E-state index in [1.54, 1.807) is 31.2 Å². The van der Waals surface area contributed by atoms with E-state index in [4.69, 9.17) is 9.15 Å². The molecule has 0 saturated heterocycles. The lowest BCUT2D eigenvalue weighted by molar-refractivity contribution is -0.163. The number of ether oxygens (including phenoxy) is 1. The number of benzene rings is 1. The Morgan fingerprint density at radius 3 is 2.58 bits per heavy atom. The number of furan rings is 1. The predicted molar refractivity (Wildman–Crippen MR) is 89.5 cm³/mol. The smallest absolute Gasteiger partial charge is 0.406 e. The second-order valence-corrected chi connectivity index (χ2v) is 5.97. The van der Waals surface area contributed by atoms with Crippen LogP contribution in [0.5, 0.6) is 5.75 Å². The maximum absolute atomic E-state index is 12.8. The lowest BCUT2D eigenvalue weighted by atomic mass is 10.2. The molecule has 0 radical (unpaired) electrons. The number of hydrogen-bond donors (Lipinski definition) is 0. The number of amides is 1. The van der Waals surface area contributed by atoms with Gasteiger partial charge in [-0.15, -0.1) is 0 Å². The number of nitrogens with zero attached hydrogens (tertiary/aromatic N) is 2. The van der Waals surface area contributed by atoms with Gasteiger partial charge in [-0.25, -0.2) is 0 Å². The normalized spacial score (nSPS) is 11.6. The van der Waals surface area contributed by atoms with E-state index in [2.05, 4.69) is 0 Å². The Morgan fingerprint density at radius 2 is 1.96 bits per heavy atom. The third kappa shape index (κ3) is 6.44. The summed E-state index contributed by atoms with van der Waals surface area (Å²) >= 11 is 0. The summed E-state index contributed by atoms with van der Waals surface area (Å²) in [4.78, 5) is 14.8. The van der Waals surface area contributed by atoms with Crippen molar-refractivity contribution in [3.63, 3.8) is 0 Å². The fraction of sp³-hybridized carbons (Fsp3) is 0.389. The van der Waals surface area contributed by atoms with Crippen molar-refractivity contribution >= 4 is 5.91 Å². The molecule has 1 heterocycles. The SMILES string of the molecule is COc1cccc(CN(C)CC(=O)N(Cc2ccco2)CC(F)(F)F)c1. The summed E-state index contributed by atoms with van der Waals surface area (Å²) in [5.74, 6) is 0.362. The third-order valence-corrected chi connectivity index (χ3v) is 3.64. The lowest BCUT2D eigenvalue weighted by Gasteiger charge is -2.26. The number of rotatable bonds is 8. The van der Waals surface area contributed by atoms with Crippen LogP contribution in [0.1, 0.15) is 11.3 Å². The van der Waals surface area contributed by atoms with Crippen LogP contribution in [0.4, 0.5) is 13.2 Å². The van der Waals surface area contributed by atoms with Gasteiger partial charge >= 0.3 is 6.18 Å². The molecule has 0 N–H and O–H groups in total. The minimum absolute atomic E-state index is 0.145. The van der Waals surface area contributed by atoms with Crippen molar-refractivity contribution in [3.8, 4) is 5.75 Å². The van der Waals surface area contributed by atoms with Crippen molar-refractivity contribution in [1.29, 1.82) is 0 Å². The molecule has 0 aliphatic heterocycles. The highest BCUT2D eigenvalue weighted by molar-refractivity contribution is 5.78. The number of carbonyl (C=O) groups excluding carboxylic acids is 1. The predicted octanol–water partition coefficient (Wildman–Crippen LogP) is 3.31. The van der Waals surface area contributed by atoms with Crippen LogP contribution in [0.2, 0.25) is 0 Å². The highest BCUT2D eigenvalue weighted by atomic mass is 19.4. The molecule has 2 aromatic rings. The van der Waals surface area contributed by atoms with Gasteiger partial charge in [0.05, 0.1) is 26.5 Å². The van der Waals surface area contributed by atoms with Crippen molar-refractivity contribution in [3.05, 3.63) is 54.0 Å². The van der Waals surface area contributed by atoms with Gasteiger partial charge in [0, 0.05) is 6.54 Å². The standard InChI is InChI=1S/C18H21F3N2O3/c1-22(10-14-5-3-6-15(9-14)25-2)12-17(24)23(13-18(19,20)21)11-16-7-4-8-26-16/h3-9H,10-13H2,1-2H3. The fourth-order valence-electron chi connectivity index (χ4n) is 2.51. The van der Waals surface area contributed by atoms with E-state index in [-0.39, 0.29) is 13.1 Å². The quantitative estimate of drug-likeness (QED) is 0.715. The Kier molecular flexibility index (Phi) is 6.68. The number of methoxy groups -OCH3 is 1. The number of hydrogen-bond acceptors (Lipinski definition) is 4. The van der Waals surface area contributed by atoms with Crippen LogP contribution in [0.3, 0.4) is 0 Å². The summed E-state index contributed by atoms with van der Waals surface area (Å²) in [7, 11) is 3.23. The molecule has 1 aromatic heterocycles. The lowest BCUT2D eigenvalue weighted by Crippen LogP contribution is -2.43. The van der Waals surface area contributed by atoms with Gasteiger partial charge in [0.25, 0.3) is 0 Å². The Bertz CT molecular complexity index is 702. The molecule has 0 atom stereocenters. The second kappa shape index (κ2) is 8.75. The first kappa shape index (κ1) is 19.8. The molecule has 26 heavy (non-hydrogen) atoms. The molecule has 0 spiro atoms. The first-order valence-electron chi connectivity index (χ1n) is 7.95. The van der Waals surface area contributed by atoms with Crippen LogP contribution in [0.15, 0.2) is 47.1 Å². The monoisotopic (exact) mass is 370 g/mol. The molecule has 0 unspecified atom stereocenters. The Morgan fingerprint density at radius 1 is 1.19 bits per heavy atom. The molecule has 0 aliphatic rings. The van der Waals surface area contributed by atoms with Crippen LogP contribution >= 0.6 is 0 Å². The van der Waals surface area contributed by atoms with Crippen LogP contribution in [-0.2, 0) is 17.9 Å². The largest absolute Gasteiger partial charge is 0.497 e. The van der Waals surface area contributed by atoms with Gasteiger partial charge in [0.2, 0.25) is 5.91 Å². The van der Waals surface area contributed by atoms with E-state index < -0.39 is 18.6 Å². The maximum atomic E-state index is 12.8. The Balaban J connectivity index is 2.00. The van der Waals surface area contributed by atoms with E-state index in [0.29, 0.717) is 18.1 Å². The first-order chi connectivity index (χ1) is 12.3. The highest BCUT2D eigenvalue weighted by Gasteiger charge is 2.33. The second-order valence-electron chi connectivity index (χ2n) is 5.97. The van der Waals surface area contributed by atoms with Crippen molar-refractivity contribution < 1.29 is 27.1 Å². The number of likely N-dealkylation sites (N-methyl/N-ethyl adjacent to an activating group) is 1. The summed E-state index contributed by atoms with van der Waals surface area (Å²) in [6, 6.07) is 10.4. The average Bonchev–Trinajstić information content (AvgIpc) is 3.06. The van der Waals surface area contributed by atoms with Gasteiger partial charge in [0.1, 0.15) is 18.1 Å². The zero-order valence-electron chi connectivity index (χ0n) is 14.6. The molecule has 0 aliphatic carbocycles. The molecular weight excluding hydrogens is 349 g/mol. The summed E-state index contributed by atoms with van der Waals surface area (Å²) in [5, 5.41) is 0. The molecular formula is C18H21F3N2O3. The number of carbonyl (C=O) groups is 1. The topological polar surface area (TPSA) is 45.9 Å². The molecule has 5 nitrogen and oxygen atoms in total. The summed E-state index contributed by atoms with van der Waals surface area (Å²) < 4.78 is 48.6. The van der Waals surface area contributed by atoms with Crippen LogP contribution < -0.4 is 4.74 Å². The molecule has 142 valence electrons. The maximum Gasteiger partial charge on any atom is 0.406 e. The summed E-state index contributed by atoms with van der Waals surface area (Å²) in [6.45, 7) is -1.28. The van der Waals surface area contributed by atoms with Crippen LogP contribution in [0.25, 0.3) is 0 Å². The Labute approximate surface area is 149 Å². The van der Waals surface area contributed by atoms with Gasteiger partial charge < -0.3 is 14.1 Å². The summed E-state index contributed by atoms with van der Waals surface area (Å²) in [6.07, 6.45) is -3.12. The first-order valence-corrected chi connectivity index (χ1v) is 7.95. The van der Waals surface area contributed by atoms with E-state index in [0.717, 1.165) is 10.5 Å². The third-order valence-electron chi connectivity index (χ3n) is 3.64. The fourth-order valence-corrected chi connectivity index (χ4v) is 2.51. The minimum Gasteiger partial charge on any atom is -0.497 e. The van der Waals surface area contributed by atoms with Gasteiger partial charge in [-0.2, -0.15) is 13.2 Å².